The molecule has 3 aromatic rings. The maximum absolute atomic E-state index is 14.4. The van der Waals surface area contributed by atoms with Crippen LogP contribution >= 0.6 is 27.5 Å². The summed E-state index contributed by atoms with van der Waals surface area (Å²) in [5.74, 6) is -1.78. The molecule has 1 aliphatic rings. The lowest BCUT2D eigenvalue weighted by atomic mass is 10.1. The average molecular weight is 505 g/mol. The number of nitrogens with zero attached hydrogens (tertiary/aromatic N) is 3. The quantitative estimate of drug-likeness (QED) is 0.384. The van der Waals surface area contributed by atoms with E-state index in [0.717, 1.165) is 25.2 Å². The number of urea groups is 1. The zero-order valence-corrected chi connectivity index (χ0v) is 18.9. The first kappa shape index (κ1) is 21.3. The molecule has 0 unspecified atom stereocenters. The van der Waals surface area contributed by atoms with Gasteiger partial charge in [0.15, 0.2) is 0 Å². The minimum absolute atomic E-state index is 0.132. The van der Waals surface area contributed by atoms with Crippen molar-refractivity contribution in [2.75, 3.05) is 14.1 Å². The van der Waals surface area contributed by atoms with Crippen LogP contribution in [0.2, 0.25) is 5.02 Å². The molecule has 6 nitrogen and oxygen atoms in total. The van der Waals surface area contributed by atoms with Gasteiger partial charge >= 0.3 is 6.03 Å². The number of rotatable bonds is 3. The van der Waals surface area contributed by atoms with Gasteiger partial charge in [-0.25, -0.2) is 9.18 Å². The van der Waals surface area contributed by atoms with Gasteiger partial charge < -0.3 is 4.57 Å². The fourth-order valence-corrected chi connectivity index (χ4v) is 4.11. The van der Waals surface area contributed by atoms with E-state index in [9.17, 15) is 18.8 Å². The Hall–Kier alpha value is -2.97. The van der Waals surface area contributed by atoms with Crippen LogP contribution in [0.5, 0.6) is 0 Å². The number of likely N-dealkylation sites (N-methyl/N-ethyl adjacent to an activating group) is 2. The van der Waals surface area contributed by atoms with E-state index < -0.39 is 23.7 Å². The number of carbonyl (C=O) groups is 3. The number of carbonyl (C=O) groups excluding carboxylic acids is 3. The Balaban J connectivity index is 1.87. The van der Waals surface area contributed by atoms with Gasteiger partial charge in [0.1, 0.15) is 11.4 Å². The zero-order chi connectivity index (χ0) is 22.4. The van der Waals surface area contributed by atoms with Crippen molar-refractivity contribution < 1.29 is 18.8 Å². The van der Waals surface area contributed by atoms with Gasteiger partial charge in [0, 0.05) is 51.8 Å². The van der Waals surface area contributed by atoms with Crippen molar-refractivity contribution >= 4 is 62.4 Å². The van der Waals surface area contributed by atoms with Gasteiger partial charge in [0.2, 0.25) is 0 Å². The van der Waals surface area contributed by atoms with Crippen molar-refractivity contribution in [2.24, 2.45) is 0 Å². The summed E-state index contributed by atoms with van der Waals surface area (Å²) in [6.45, 7) is 0.160. The van der Waals surface area contributed by atoms with E-state index in [0.29, 0.717) is 16.1 Å². The van der Waals surface area contributed by atoms with E-state index in [-0.39, 0.29) is 12.1 Å². The van der Waals surface area contributed by atoms with E-state index in [1.165, 1.54) is 32.3 Å². The number of amides is 4. The predicted molar refractivity (Wildman–Crippen MR) is 119 cm³/mol. The highest BCUT2D eigenvalue weighted by atomic mass is 79.9. The third-order valence-corrected chi connectivity index (χ3v) is 6.06. The van der Waals surface area contributed by atoms with Crippen LogP contribution in [0.3, 0.4) is 0 Å². The first-order valence-corrected chi connectivity index (χ1v) is 10.4. The maximum atomic E-state index is 14.4. The zero-order valence-electron chi connectivity index (χ0n) is 16.5. The van der Waals surface area contributed by atoms with Crippen molar-refractivity contribution in [1.29, 1.82) is 0 Å². The Morgan fingerprint density at radius 3 is 2.39 bits per heavy atom. The molecule has 0 atom stereocenters. The van der Waals surface area contributed by atoms with Crippen LogP contribution in [0.4, 0.5) is 9.18 Å². The van der Waals surface area contributed by atoms with E-state index in [4.69, 9.17) is 11.6 Å². The molecule has 0 radical (unpaired) electrons. The molecule has 2 aromatic carbocycles. The van der Waals surface area contributed by atoms with Crippen LogP contribution in [0.1, 0.15) is 11.1 Å². The second kappa shape index (κ2) is 7.94. The number of hydrogen-bond acceptors (Lipinski definition) is 3. The molecular formula is C22H16BrClFN3O3. The molecule has 4 amide bonds. The van der Waals surface area contributed by atoms with Gasteiger partial charge in [-0.1, -0.05) is 33.6 Å². The minimum atomic E-state index is -0.688. The summed E-state index contributed by atoms with van der Waals surface area (Å²) in [6.07, 6.45) is 3.18. The van der Waals surface area contributed by atoms with E-state index in [1.807, 2.05) is 18.2 Å². The number of benzene rings is 2. The van der Waals surface area contributed by atoms with Gasteiger partial charge in [-0.05, 0) is 36.4 Å². The SMILES string of the molecule is CN1C(=O)C(=Cc2cn(Cc3c(F)cccc3Cl)c3ccc(Br)cc23)C(=O)N(C)C1=O. The Bertz CT molecular complexity index is 1250. The normalized spacial score (nSPS) is 14.7. The third kappa shape index (κ3) is 3.66. The van der Waals surface area contributed by atoms with Crippen LogP contribution in [0, 0.1) is 5.82 Å². The van der Waals surface area contributed by atoms with Gasteiger partial charge in [-0.3, -0.25) is 19.4 Å². The molecule has 0 N–H and O–H groups in total. The molecule has 31 heavy (non-hydrogen) atoms. The fraction of sp³-hybridized carbons (Fsp3) is 0.136. The number of fused-ring (bicyclic) bond motifs is 1. The number of aromatic nitrogens is 1. The highest BCUT2D eigenvalue weighted by Gasteiger charge is 2.38. The lowest BCUT2D eigenvalue weighted by molar-refractivity contribution is -0.134. The van der Waals surface area contributed by atoms with Crippen LogP contribution < -0.4 is 0 Å². The second-order valence-corrected chi connectivity index (χ2v) is 8.47. The van der Waals surface area contributed by atoms with Crippen molar-refractivity contribution in [3.05, 3.63) is 74.6 Å². The van der Waals surface area contributed by atoms with E-state index >= 15 is 0 Å². The third-order valence-electron chi connectivity index (χ3n) is 5.21. The monoisotopic (exact) mass is 503 g/mol. The summed E-state index contributed by atoms with van der Waals surface area (Å²) < 4.78 is 17.0. The van der Waals surface area contributed by atoms with Gasteiger partial charge in [0.25, 0.3) is 11.8 Å². The topological polar surface area (TPSA) is 62.6 Å². The largest absolute Gasteiger partial charge is 0.342 e. The highest BCUT2D eigenvalue weighted by Crippen LogP contribution is 2.30. The number of hydrogen-bond donors (Lipinski definition) is 0. The molecule has 1 fully saturated rings. The Morgan fingerprint density at radius 1 is 1.06 bits per heavy atom. The van der Waals surface area contributed by atoms with Crippen molar-refractivity contribution in [3.8, 4) is 0 Å². The smallest absolute Gasteiger partial charge is 0.333 e. The lowest BCUT2D eigenvalue weighted by Gasteiger charge is -2.28. The summed E-state index contributed by atoms with van der Waals surface area (Å²) in [7, 11) is 2.64. The van der Waals surface area contributed by atoms with Crippen LogP contribution in [-0.4, -0.2) is 46.3 Å². The van der Waals surface area contributed by atoms with Crippen LogP contribution in [0.25, 0.3) is 17.0 Å². The first-order valence-electron chi connectivity index (χ1n) is 9.22. The van der Waals surface area contributed by atoms with Crippen LogP contribution in [0.15, 0.2) is 52.6 Å². The Morgan fingerprint density at radius 2 is 1.74 bits per heavy atom. The molecule has 2 heterocycles. The van der Waals surface area contributed by atoms with Crippen molar-refractivity contribution in [2.45, 2.75) is 6.54 Å². The van der Waals surface area contributed by atoms with Gasteiger partial charge in [-0.2, -0.15) is 0 Å². The average Bonchev–Trinajstić information content (AvgIpc) is 3.07. The standard InChI is InChI=1S/C22H16BrClFN3O3/c1-26-20(29)15(21(30)27(2)22(26)31)8-12-10-28(19-7-6-13(23)9-14(12)19)11-16-17(24)4-3-5-18(16)25/h3-10H,11H2,1-2H3. The summed E-state index contributed by atoms with van der Waals surface area (Å²) in [5, 5.41) is 1.05. The van der Waals surface area contributed by atoms with E-state index in [2.05, 4.69) is 15.9 Å². The summed E-state index contributed by atoms with van der Waals surface area (Å²) in [4.78, 5) is 39.0. The second-order valence-electron chi connectivity index (χ2n) is 7.14. The molecule has 158 valence electrons. The summed E-state index contributed by atoms with van der Waals surface area (Å²) >= 11 is 9.63. The molecule has 1 aromatic heterocycles. The number of imide groups is 2. The number of barbiturate groups is 1. The molecular weight excluding hydrogens is 489 g/mol. The predicted octanol–water partition coefficient (Wildman–Crippen LogP) is 4.68. The van der Waals surface area contributed by atoms with Crippen molar-refractivity contribution in [3.63, 3.8) is 0 Å². The molecule has 1 saturated heterocycles. The Labute approximate surface area is 190 Å². The lowest BCUT2D eigenvalue weighted by Crippen LogP contribution is -2.52. The minimum Gasteiger partial charge on any atom is -0.342 e. The molecule has 4 rings (SSSR count). The maximum Gasteiger partial charge on any atom is 0.333 e. The van der Waals surface area contributed by atoms with Gasteiger partial charge in [0.05, 0.1) is 6.54 Å². The molecule has 0 saturated carbocycles. The number of halogens is 3. The van der Waals surface area contributed by atoms with E-state index in [1.54, 1.807) is 16.8 Å². The summed E-state index contributed by atoms with van der Waals surface area (Å²) in [6, 6.07) is 9.35. The van der Waals surface area contributed by atoms with Crippen LogP contribution in [-0.2, 0) is 16.1 Å². The first-order chi connectivity index (χ1) is 14.7. The van der Waals surface area contributed by atoms with Crippen molar-refractivity contribution in [1.82, 2.24) is 14.4 Å². The summed E-state index contributed by atoms with van der Waals surface area (Å²) in [5.41, 5.74) is 1.55. The molecule has 9 heteroatoms. The molecule has 0 bridgehead atoms. The molecule has 0 aliphatic carbocycles. The molecule has 0 spiro atoms. The molecule has 1 aliphatic heterocycles. The Kier molecular flexibility index (Phi) is 5.45. The van der Waals surface area contributed by atoms with Gasteiger partial charge in [-0.15, -0.1) is 0 Å². The fourth-order valence-electron chi connectivity index (χ4n) is 3.53. The highest BCUT2D eigenvalue weighted by molar-refractivity contribution is 9.10.